The molecule has 1 aliphatic heterocycles. The van der Waals surface area contributed by atoms with E-state index in [2.05, 4.69) is 0 Å². The van der Waals surface area contributed by atoms with Gasteiger partial charge in [-0.15, -0.1) is 0 Å². The number of hydrogen-bond acceptors (Lipinski definition) is 6. The van der Waals surface area contributed by atoms with E-state index in [0.717, 1.165) is 12.7 Å². The molecule has 38 heavy (non-hydrogen) atoms. The summed E-state index contributed by atoms with van der Waals surface area (Å²) in [7, 11) is 0.839. The number of methoxy groups -OCH3 is 1. The number of phenols is 2. The zero-order valence-electron chi connectivity index (χ0n) is 20.7. The standard InChI is InChI=1S/C29H29F3O6/c1-36-28(29(30,31)32,21-5-3-2-4-6-21)27(35)38-25-17-24(16-9-19-7-12-22(33)13-8-19)37-26(18-25)20-10-14-23(34)15-11-20/h2-8,10-15,24-26,33-34H,9,16-18H2,1H3/t24-,25+,26-,28-/m0/s1. The first-order chi connectivity index (χ1) is 18.1. The van der Waals surface area contributed by atoms with Crippen molar-refractivity contribution >= 4 is 5.97 Å². The molecule has 4 rings (SSSR count). The maximum Gasteiger partial charge on any atom is 0.432 e. The summed E-state index contributed by atoms with van der Waals surface area (Å²) in [5.41, 5.74) is -1.99. The van der Waals surface area contributed by atoms with Gasteiger partial charge in [0, 0.05) is 25.5 Å². The predicted molar refractivity (Wildman–Crippen MR) is 132 cm³/mol. The number of carbonyl (C=O) groups excluding carboxylic acids is 1. The van der Waals surface area contributed by atoms with E-state index in [0.29, 0.717) is 18.4 Å². The molecule has 0 aromatic heterocycles. The van der Waals surface area contributed by atoms with Crippen LogP contribution in [0.5, 0.6) is 11.5 Å². The highest BCUT2D eigenvalue weighted by Gasteiger charge is 2.64. The van der Waals surface area contributed by atoms with Crippen LogP contribution in [0.2, 0.25) is 0 Å². The van der Waals surface area contributed by atoms with Gasteiger partial charge in [-0.2, -0.15) is 13.2 Å². The number of esters is 1. The van der Waals surface area contributed by atoms with E-state index in [4.69, 9.17) is 14.2 Å². The highest BCUT2D eigenvalue weighted by molar-refractivity contribution is 5.82. The number of carbonyl (C=O) groups is 1. The Morgan fingerprint density at radius 3 is 2.11 bits per heavy atom. The lowest BCUT2D eigenvalue weighted by Crippen LogP contribution is -2.53. The first kappa shape index (κ1) is 27.5. The number of phenolic OH excluding ortho intramolecular Hbond substituents is 2. The third kappa shape index (κ3) is 5.95. The second kappa shape index (κ2) is 11.4. The molecule has 1 saturated heterocycles. The molecule has 0 spiro atoms. The molecule has 0 saturated carbocycles. The highest BCUT2D eigenvalue weighted by atomic mass is 19.4. The van der Waals surface area contributed by atoms with E-state index in [9.17, 15) is 28.2 Å². The van der Waals surface area contributed by atoms with E-state index in [-0.39, 0.29) is 29.9 Å². The summed E-state index contributed by atoms with van der Waals surface area (Å²) in [6.45, 7) is 0. The lowest BCUT2D eigenvalue weighted by molar-refractivity contribution is -0.280. The van der Waals surface area contributed by atoms with E-state index >= 15 is 0 Å². The van der Waals surface area contributed by atoms with Gasteiger partial charge in [-0.3, -0.25) is 0 Å². The Balaban J connectivity index is 1.58. The van der Waals surface area contributed by atoms with E-state index in [1.807, 2.05) is 0 Å². The molecule has 1 aliphatic rings. The quantitative estimate of drug-likeness (QED) is 0.349. The zero-order chi connectivity index (χ0) is 27.3. The second-order valence-corrected chi connectivity index (χ2v) is 9.29. The fourth-order valence-electron chi connectivity index (χ4n) is 4.77. The number of aryl methyl sites for hydroxylation is 1. The number of rotatable bonds is 8. The molecule has 202 valence electrons. The fraction of sp³-hybridized carbons (Fsp3) is 0.345. The summed E-state index contributed by atoms with van der Waals surface area (Å²) < 4.78 is 59.8. The first-order valence-electron chi connectivity index (χ1n) is 12.2. The topological polar surface area (TPSA) is 85.2 Å². The van der Waals surface area contributed by atoms with Crippen molar-refractivity contribution in [1.29, 1.82) is 0 Å². The van der Waals surface area contributed by atoms with E-state index < -0.39 is 36.1 Å². The molecule has 0 bridgehead atoms. The SMILES string of the molecule is CO[C@](C(=O)O[C@@H]1C[C@H](CCc2ccc(O)cc2)O[C@H](c2ccc(O)cc2)C1)(c1ccccc1)C(F)(F)F. The van der Waals surface area contributed by atoms with Gasteiger partial charge in [0.1, 0.15) is 17.6 Å². The molecule has 3 aromatic rings. The predicted octanol–water partition coefficient (Wildman–Crippen LogP) is 5.97. The average molecular weight is 531 g/mol. The molecular weight excluding hydrogens is 501 g/mol. The summed E-state index contributed by atoms with van der Waals surface area (Å²) in [4.78, 5) is 13.3. The van der Waals surface area contributed by atoms with Crippen LogP contribution < -0.4 is 0 Å². The molecule has 4 atom stereocenters. The van der Waals surface area contributed by atoms with Crippen LogP contribution in [-0.4, -0.2) is 41.7 Å². The van der Waals surface area contributed by atoms with Gasteiger partial charge in [-0.05, 0) is 48.2 Å². The molecule has 3 aromatic carbocycles. The van der Waals surface area contributed by atoms with Crippen LogP contribution in [-0.2, 0) is 31.0 Å². The van der Waals surface area contributed by atoms with Crippen molar-refractivity contribution in [2.45, 2.75) is 55.8 Å². The van der Waals surface area contributed by atoms with Crippen LogP contribution in [0.1, 0.15) is 42.1 Å². The van der Waals surface area contributed by atoms with Crippen LogP contribution in [0.25, 0.3) is 0 Å². The molecule has 1 fully saturated rings. The van der Waals surface area contributed by atoms with E-state index in [1.54, 1.807) is 42.5 Å². The Bertz CT molecular complexity index is 1200. The van der Waals surface area contributed by atoms with Crippen molar-refractivity contribution in [3.05, 3.63) is 95.6 Å². The smallest absolute Gasteiger partial charge is 0.432 e. The Morgan fingerprint density at radius 1 is 0.921 bits per heavy atom. The van der Waals surface area contributed by atoms with Crippen molar-refractivity contribution in [3.63, 3.8) is 0 Å². The van der Waals surface area contributed by atoms with Gasteiger partial charge in [0.15, 0.2) is 0 Å². The van der Waals surface area contributed by atoms with Crippen molar-refractivity contribution in [1.82, 2.24) is 0 Å². The molecule has 1 heterocycles. The number of ether oxygens (including phenoxy) is 3. The summed E-state index contributed by atoms with van der Waals surface area (Å²) >= 11 is 0. The first-order valence-corrected chi connectivity index (χ1v) is 12.2. The minimum atomic E-state index is -5.07. The van der Waals surface area contributed by atoms with Crippen LogP contribution in [0, 0.1) is 0 Å². The van der Waals surface area contributed by atoms with Gasteiger partial charge in [0.25, 0.3) is 5.60 Å². The molecule has 0 radical (unpaired) electrons. The summed E-state index contributed by atoms with van der Waals surface area (Å²) in [6, 6.07) is 19.7. The van der Waals surface area contributed by atoms with Crippen LogP contribution >= 0.6 is 0 Å². The van der Waals surface area contributed by atoms with Gasteiger partial charge < -0.3 is 24.4 Å². The maximum absolute atomic E-state index is 14.4. The second-order valence-electron chi connectivity index (χ2n) is 9.29. The van der Waals surface area contributed by atoms with Crippen LogP contribution in [0.3, 0.4) is 0 Å². The molecule has 2 N–H and O–H groups in total. The van der Waals surface area contributed by atoms with Crippen molar-refractivity contribution < 1.29 is 42.4 Å². The van der Waals surface area contributed by atoms with Crippen molar-refractivity contribution in [2.24, 2.45) is 0 Å². The summed E-state index contributed by atoms with van der Waals surface area (Å²) in [5, 5.41) is 19.2. The monoisotopic (exact) mass is 530 g/mol. The summed E-state index contributed by atoms with van der Waals surface area (Å²) in [5.74, 6) is -1.33. The molecule has 9 heteroatoms. The number of benzene rings is 3. The number of alkyl halides is 3. The van der Waals surface area contributed by atoms with Gasteiger partial charge in [-0.25, -0.2) is 4.79 Å². The highest BCUT2D eigenvalue weighted by Crippen LogP contribution is 2.44. The lowest BCUT2D eigenvalue weighted by Gasteiger charge is -2.38. The van der Waals surface area contributed by atoms with Crippen LogP contribution in [0.4, 0.5) is 13.2 Å². The zero-order valence-corrected chi connectivity index (χ0v) is 20.7. The summed E-state index contributed by atoms with van der Waals surface area (Å²) in [6.07, 6.45) is -5.49. The van der Waals surface area contributed by atoms with E-state index in [1.165, 1.54) is 36.4 Å². The Morgan fingerprint density at radius 2 is 1.53 bits per heavy atom. The molecule has 0 amide bonds. The number of aromatic hydroxyl groups is 2. The minimum Gasteiger partial charge on any atom is -0.508 e. The minimum absolute atomic E-state index is 0.0642. The van der Waals surface area contributed by atoms with Gasteiger partial charge in [0.2, 0.25) is 0 Å². The molecule has 0 unspecified atom stereocenters. The Labute approximate surface area is 218 Å². The Kier molecular flexibility index (Phi) is 8.28. The number of hydrogen-bond donors (Lipinski definition) is 2. The van der Waals surface area contributed by atoms with Crippen LogP contribution in [0.15, 0.2) is 78.9 Å². The van der Waals surface area contributed by atoms with Crippen molar-refractivity contribution in [2.75, 3.05) is 7.11 Å². The average Bonchev–Trinajstić information content (AvgIpc) is 2.89. The Hall–Kier alpha value is -3.56. The maximum atomic E-state index is 14.4. The third-order valence-corrected chi connectivity index (χ3v) is 6.76. The largest absolute Gasteiger partial charge is 0.508 e. The third-order valence-electron chi connectivity index (χ3n) is 6.76. The fourth-order valence-corrected chi connectivity index (χ4v) is 4.77. The number of halogens is 3. The van der Waals surface area contributed by atoms with Gasteiger partial charge >= 0.3 is 12.1 Å². The molecule has 0 aliphatic carbocycles. The van der Waals surface area contributed by atoms with Crippen molar-refractivity contribution in [3.8, 4) is 11.5 Å². The van der Waals surface area contributed by atoms with Gasteiger partial charge in [0.05, 0.1) is 12.2 Å². The normalized spacial score (nSPS) is 21.4. The molecule has 6 nitrogen and oxygen atoms in total. The van der Waals surface area contributed by atoms with Gasteiger partial charge in [-0.1, -0.05) is 54.6 Å². The molecular formula is C29H29F3O6. The lowest BCUT2D eigenvalue weighted by atomic mass is 9.91.